The fourth-order valence-corrected chi connectivity index (χ4v) is 8.82. The number of thiazole rings is 1. The molecule has 2 bridgehead atoms. The van der Waals surface area contributed by atoms with E-state index in [1.165, 1.54) is 24.3 Å². The Labute approximate surface area is 275 Å². The van der Waals surface area contributed by atoms with Crippen molar-refractivity contribution in [1.82, 2.24) is 25.0 Å². The highest BCUT2D eigenvalue weighted by atomic mass is 32.1. The number of hydrogen-bond donors (Lipinski definition) is 2. The maximum atomic E-state index is 14.8. The fraction of sp³-hybridized carbons (Fsp3) is 0.545. The number of rotatable bonds is 8. The minimum absolute atomic E-state index is 0.0219. The minimum Gasteiger partial charge on any atom is -0.481 e. The molecule has 2 amide bonds. The van der Waals surface area contributed by atoms with Gasteiger partial charge in [0.05, 0.1) is 23.6 Å². The number of fused-ring (bicyclic) bond motifs is 4. The first-order chi connectivity index (χ1) is 22.6. The molecule has 3 saturated carbocycles. The van der Waals surface area contributed by atoms with Gasteiger partial charge in [-0.2, -0.15) is 0 Å². The first kappa shape index (κ1) is 31.7. The van der Waals surface area contributed by atoms with Crippen LogP contribution in [-0.2, 0) is 14.3 Å². The maximum Gasteiger partial charge on any atom is 0.338 e. The van der Waals surface area contributed by atoms with Crippen molar-refractivity contribution in [3.63, 3.8) is 0 Å². The lowest BCUT2D eigenvalue weighted by molar-refractivity contribution is -0.158. The SMILES string of the molecule is CCOC(=O)C1=C(CN2CCN3C(=O)N(C45CCC(C(=O)O)(CC4)CC5)C[C@@H]3C2)NC(c2nccs2)=N[C@H]1c1ccc(F)c(F)c1C. The van der Waals surface area contributed by atoms with Gasteiger partial charge in [0.2, 0.25) is 0 Å². The second kappa shape index (κ2) is 12.0. The van der Waals surface area contributed by atoms with Crippen molar-refractivity contribution in [2.45, 2.75) is 70.0 Å². The Hall–Kier alpha value is -3.91. The summed E-state index contributed by atoms with van der Waals surface area (Å²) in [4.78, 5) is 54.7. The van der Waals surface area contributed by atoms with Gasteiger partial charge in [-0.05, 0) is 69.6 Å². The summed E-state index contributed by atoms with van der Waals surface area (Å²) in [5.41, 5.74) is 0.225. The summed E-state index contributed by atoms with van der Waals surface area (Å²) in [5.74, 6) is -2.87. The third kappa shape index (κ3) is 5.29. The minimum atomic E-state index is -0.993. The molecule has 2 atom stereocenters. The number of carboxylic acids is 1. The van der Waals surface area contributed by atoms with Gasteiger partial charge in [-0.25, -0.2) is 23.4 Å². The highest BCUT2D eigenvalue weighted by Crippen LogP contribution is 2.55. The van der Waals surface area contributed by atoms with E-state index < -0.39 is 35.0 Å². The third-order valence-corrected chi connectivity index (χ3v) is 11.8. The van der Waals surface area contributed by atoms with E-state index in [2.05, 4.69) is 15.2 Å². The van der Waals surface area contributed by atoms with Crippen molar-refractivity contribution in [3.8, 4) is 0 Å². The number of benzene rings is 1. The highest BCUT2D eigenvalue weighted by Gasteiger charge is 2.58. The van der Waals surface area contributed by atoms with Gasteiger partial charge in [0, 0.05) is 55.5 Å². The van der Waals surface area contributed by atoms with Crippen molar-refractivity contribution in [1.29, 1.82) is 0 Å². The number of piperazine rings is 1. The molecule has 11 nitrogen and oxygen atoms in total. The second-order valence-electron chi connectivity index (χ2n) is 13.3. The van der Waals surface area contributed by atoms with Crippen LogP contribution in [0.25, 0.3) is 0 Å². The molecule has 4 heterocycles. The number of nitrogens with zero attached hydrogens (tertiary/aromatic N) is 5. The smallest absolute Gasteiger partial charge is 0.338 e. The molecule has 3 aliphatic carbocycles. The lowest BCUT2D eigenvalue weighted by Gasteiger charge is -2.54. The zero-order valence-electron chi connectivity index (χ0n) is 26.4. The number of urea groups is 1. The number of aliphatic carboxylic acids is 1. The second-order valence-corrected chi connectivity index (χ2v) is 14.2. The number of aliphatic imine (C=N–C) groups is 1. The monoisotopic (exact) mass is 668 g/mol. The number of carbonyl (C=O) groups excluding carboxylic acids is 2. The Morgan fingerprint density at radius 2 is 1.87 bits per heavy atom. The lowest BCUT2D eigenvalue weighted by atomic mass is 9.57. The van der Waals surface area contributed by atoms with Crippen LogP contribution < -0.4 is 5.32 Å². The van der Waals surface area contributed by atoms with E-state index in [1.807, 2.05) is 15.2 Å². The van der Waals surface area contributed by atoms with E-state index >= 15 is 0 Å². The summed E-state index contributed by atoms with van der Waals surface area (Å²) in [6.07, 6.45) is 5.56. The Morgan fingerprint density at radius 1 is 1.13 bits per heavy atom. The van der Waals surface area contributed by atoms with Gasteiger partial charge in [0.1, 0.15) is 6.04 Å². The number of amides is 2. The standard InChI is InChI=1S/C33H38F2N6O5S/c1-3-46-29(42)24-23(37-27(28-36-12-15-47-28)38-26(24)21-4-5-22(34)25(35)19(21)2)18-39-13-14-40-20(16-39)17-41(31(40)45)33-9-6-32(7-10-33,8-11-33)30(43)44/h4-5,12,15,20,26H,3,6-11,13-14,16-18H2,1-2H3,(H,37,38)(H,43,44)/t20-,26-,32?,33?/m0/s1. The van der Waals surface area contributed by atoms with Crippen LogP contribution in [0.15, 0.2) is 40.0 Å². The number of ether oxygens (including phenoxy) is 1. The molecule has 6 aliphatic rings. The van der Waals surface area contributed by atoms with Crippen molar-refractivity contribution < 1.29 is 33.0 Å². The predicted octanol–water partition coefficient (Wildman–Crippen LogP) is 4.24. The largest absolute Gasteiger partial charge is 0.481 e. The average molecular weight is 669 g/mol. The average Bonchev–Trinajstić information content (AvgIpc) is 3.73. The van der Waals surface area contributed by atoms with Crippen molar-refractivity contribution in [3.05, 3.63) is 62.7 Å². The van der Waals surface area contributed by atoms with E-state index in [0.717, 1.165) is 6.07 Å². The molecule has 5 fully saturated rings. The highest BCUT2D eigenvalue weighted by molar-refractivity contribution is 7.11. The zero-order valence-corrected chi connectivity index (χ0v) is 27.2. The van der Waals surface area contributed by atoms with E-state index in [-0.39, 0.29) is 35.4 Å². The van der Waals surface area contributed by atoms with Gasteiger partial charge < -0.3 is 25.0 Å². The molecular formula is C33H38F2N6O5S. The number of carbonyl (C=O) groups is 3. The van der Waals surface area contributed by atoms with Crippen molar-refractivity contribution in [2.75, 3.05) is 39.3 Å². The number of aromatic nitrogens is 1. The van der Waals surface area contributed by atoms with Gasteiger partial charge in [0.25, 0.3) is 0 Å². The van der Waals surface area contributed by atoms with Crippen LogP contribution in [0.2, 0.25) is 0 Å². The molecule has 2 aromatic rings. The number of esters is 1. The maximum absolute atomic E-state index is 14.8. The summed E-state index contributed by atoms with van der Waals surface area (Å²) in [7, 11) is 0. The van der Waals surface area contributed by atoms with Crippen molar-refractivity contribution >= 4 is 35.1 Å². The van der Waals surface area contributed by atoms with Crippen molar-refractivity contribution in [2.24, 2.45) is 10.4 Å². The van der Waals surface area contributed by atoms with E-state index in [1.54, 1.807) is 13.1 Å². The van der Waals surface area contributed by atoms with Gasteiger partial charge in [-0.1, -0.05) is 6.07 Å². The molecule has 14 heteroatoms. The normalized spacial score (nSPS) is 29.1. The first-order valence-corrected chi connectivity index (χ1v) is 17.1. The molecule has 250 valence electrons. The summed E-state index contributed by atoms with van der Waals surface area (Å²) in [6.45, 7) is 5.81. The number of carboxylic acid groups (broad SMARTS) is 1. The molecule has 1 aromatic heterocycles. The molecule has 47 heavy (non-hydrogen) atoms. The summed E-state index contributed by atoms with van der Waals surface area (Å²) < 4.78 is 34.5. The molecule has 1 aromatic carbocycles. The molecule has 3 aliphatic heterocycles. The number of halogens is 2. The molecule has 2 N–H and O–H groups in total. The molecule has 8 rings (SSSR count). The number of amidine groups is 1. The fourth-order valence-electron chi connectivity index (χ4n) is 8.23. The Morgan fingerprint density at radius 3 is 2.53 bits per heavy atom. The van der Waals surface area contributed by atoms with Crippen LogP contribution in [0, 0.1) is 24.0 Å². The van der Waals surface area contributed by atoms with Gasteiger partial charge >= 0.3 is 18.0 Å². The predicted molar refractivity (Wildman–Crippen MR) is 169 cm³/mol. The van der Waals surface area contributed by atoms with Crippen LogP contribution >= 0.6 is 11.3 Å². The summed E-state index contributed by atoms with van der Waals surface area (Å²) in [6, 6.07) is 1.50. The van der Waals surface area contributed by atoms with Gasteiger partial charge in [-0.3, -0.25) is 14.7 Å². The van der Waals surface area contributed by atoms with Crippen LogP contribution in [0.5, 0.6) is 0 Å². The van der Waals surface area contributed by atoms with Gasteiger partial charge in [0.15, 0.2) is 22.5 Å². The third-order valence-electron chi connectivity index (χ3n) is 11.0. The van der Waals surface area contributed by atoms with E-state index in [4.69, 9.17) is 9.73 Å². The molecule has 2 saturated heterocycles. The Kier molecular flexibility index (Phi) is 8.06. The number of nitrogens with one attached hydrogen (secondary N) is 1. The molecule has 0 radical (unpaired) electrons. The van der Waals surface area contributed by atoms with E-state index in [0.29, 0.717) is 93.4 Å². The molecular weight excluding hydrogens is 630 g/mol. The number of hydrogen-bond acceptors (Lipinski definition) is 9. The van der Waals surface area contributed by atoms with Crippen LogP contribution in [-0.4, -0.2) is 99.5 Å². The van der Waals surface area contributed by atoms with E-state index in [9.17, 15) is 28.3 Å². The Bertz CT molecular complexity index is 1650. The molecule has 0 spiro atoms. The van der Waals surface area contributed by atoms with Crippen LogP contribution in [0.3, 0.4) is 0 Å². The first-order valence-electron chi connectivity index (χ1n) is 16.2. The molecule has 0 unspecified atom stereocenters. The topological polar surface area (TPSA) is 128 Å². The summed E-state index contributed by atoms with van der Waals surface area (Å²) >= 11 is 1.36. The van der Waals surface area contributed by atoms with Gasteiger partial charge in [-0.15, -0.1) is 11.3 Å². The quantitative estimate of drug-likeness (QED) is 0.400. The van der Waals surface area contributed by atoms with Crippen LogP contribution in [0.1, 0.15) is 67.6 Å². The lowest BCUT2D eigenvalue weighted by Crippen LogP contribution is -2.59. The zero-order chi connectivity index (χ0) is 33.1. The van der Waals surface area contributed by atoms with Crippen LogP contribution in [0.4, 0.5) is 13.6 Å². The Balaban J connectivity index is 1.17. The summed E-state index contributed by atoms with van der Waals surface area (Å²) in [5, 5.41) is 15.6.